The van der Waals surface area contributed by atoms with Crippen LogP contribution in [0.5, 0.6) is 0 Å². The van der Waals surface area contributed by atoms with Crippen molar-refractivity contribution in [3.63, 3.8) is 0 Å². The largest absolute Gasteiger partial charge is 1.00 e. The maximum absolute atomic E-state index is 12.9. The summed E-state index contributed by atoms with van der Waals surface area (Å²) in [4.78, 5) is 2.28. The van der Waals surface area contributed by atoms with Crippen LogP contribution < -0.4 is 12.4 Å². The second kappa shape index (κ2) is 6.05. The predicted molar refractivity (Wildman–Crippen MR) is 52.5 cm³/mol. The van der Waals surface area contributed by atoms with Crippen molar-refractivity contribution in [1.29, 1.82) is 0 Å². The SMILES string of the molecule is Fc1cccc(CN2CCOCC2)c1.[Cl-]. The lowest BCUT2D eigenvalue weighted by molar-refractivity contribution is -0.00000566. The lowest BCUT2D eigenvalue weighted by Gasteiger charge is -2.26. The van der Waals surface area contributed by atoms with E-state index in [2.05, 4.69) is 4.90 Å². The molecule has 0 saturated carbocycles. The number of ether oxygens (including phenoxy) is 1. The van der Waals surface area contributed by atoms with Crippen LogP contribution in [0.15, 0.2) is 24.3 Å². The number of nitrogens with zero attached hydrogens (tertiary/aromatic N) is 1. The van der Waals surface area contributed by atoms with Gasteiger partial charge in [0.2, 0.25) is 0 Å². The summed E-state index contributed by atoms with van der Waals surface area (Å²) >= 11 is 0. The third kappa shape index (κ3) is 3.78. The Morgan fingerprint density at radius 1 is 1.27 bits per heavy atom. The molecule has 1 fully saturated rings. The minimum atomic E-state index is -0.157. The topological polar surface area (TPSA) is 12.5 Å². The number of rotatable bonds is 2. The summed E-state index contributed by atoms with van der Waals surface area (Å²) in [5.41, 5.74) is 1.03. The first-order chi connectivity index (χ1) is 6.84. The van der Waals surface area contributed by atoms with E-state index in [0.29, 0.717) is 0 Å². The maximum Gasteiger partial charge on any atom is 0.123 e. The summed E-state index contributed by atoms with van der Waals surface area (Å²) in [6.07, 6.45) is 0. The minimum Gasteiger partial charge on any atom is -1.00 e. The van der Waals surface area contributed by atoms with Gasteiger partial charge in [-0.1, -0.05) is 12.1 Å². The highest BCUT2D eigenvalue weighted by Gasteiger charge is 2.10. The van der Waals surface area contributed by atoms with Gasteiger partial charge in [-0.05, 0) is 17.7 Å². The highest BCUT2D eigenvalue weighted by atomic mass is 35.5. The van der Waals surface area contributed by atoms with Crippen LogP contribution >= 0.6 is 0 Å². The van der Waals surface area contributed by atoms with Gasteiger partial charge in [-0.2, -0.15) is 0 Å². The molecule has 0 bridgehead atoms. The Labute approximate surface area is 95.4 Å². The van der Waals surface area contributed by atoms with E-state index in [9.17, 15) is 4.39 Å². The first-order valence-electron chi connectivity index (χ1n) is 4.89. The predicted octanol–water partition coefficient (Wildman–Crippen LogP) is -1.34. The van der Waals surface area contributed by atoms with Gasteiger partial charge in [0.05, 0.1) is 13.2 Å². The van der Waals surface area contributed by atoms with Crippen LogP contribution in [-0.4, -0.2) is 31.2 Å². The Bertz CT molecular complexity index is 302. The van der Waals surface area contributed by atoms with Crippen LogP contribution in [-0.2, 0) is 11.3 Å². The van der Waals surface area contributed by atoms with Gasteiger partial charge >= 0.3 is 0 Å². The Morgan fingerprint density at radius 3 is 2.67 bits per heavy atom. The third-order valence-corrected chi connectivity index (χ3v) is 2.40. The first-order valence-corrected chi connectivity index (χ1v) is 4.89. The number of halogens is 2. The summed E-state index contributed by atoms with van der Waals surface area (Å²) in [5, 5.41) is 0. The van der Waals surface area contributed by atoms with Crippen molar-refractivity contribution in [2.75, 3.05) is 26.3 Å². The van der Waals surface area contributed by atoms with Crippen molar-refractivity contribution in [3.05, 3.63) is 35.6 Å². The molecule has 0 unspecified atom stereocenters. The van der Waals surface area contributed by atoms with Crippen molar-refractivity contribution in [2.45, 2.75) is 6.54 Å². The molecule has 0 atom stereocenters. The fourth-order valence-corrected chi connectivity index (χ4v) is 1.65. The lowest BCUT2D eigenvalue weighted by atomic mass is 10.2. The molecule has 84 valence electrons. The molecule has 0 N–H and O–H groups in total. The van der Waals surface area contributed by atoms with E-state index in [0.717, 1.165) is 38.4 Å². The molecule has 1 aliphatic heterocycles. The monoisotopic (exact) mass is 230 g/mol. The average Bonchev–Trinajstić information content (AvgIpc) is 2.19. The molecule has 1 aromatic carbocycles. The summed E-state index contributed by atoms with van der Waals surface area (Å²) in [6, 6.07) is 6.78. The normalized spacial score (nSPS) is 17.1. The zero-order valence-electron chi connectivity index (χ0n) is 8.46. The molecule has 0 aliphatic carbocycles. The second-order valence-electron chi connectivity index (χ2n) is 3.52. The van der Waals surface area contributed by atoms with Crippen LogP contribution in [0, 0.1) is 5.82 Å². The Kier molecular flexibility index (Phi) is 5.02. The molecule has 0 radical (unpaired) electrons. The number of benzene rings is 1. The van der Waals surface area contributed by atoms with E-state index in [1.807, 2.05) is 6.07 Å². The summed E-state index contributed by atoms with van der Waals surface area (Å²) < 4.78 is 18.1. The van der Waals surface area contributed by atoms with E-state index in [1.54, 1.807) is 12.1 Å². The molecule has 1 saturated heterocycles. The molecular formula is C11H14ClFNO-. The van der Waals surface area contributed by atoms with Crippen molar-refractivity contribution < 1.29 is 21.5 Å². The zero-order valence-corrected chi connectivity index (χ0v) is 9.21. The summed E-state index contributed by atoms with van der Waals surface area (Å²) in [6.45, 7) is 4.28. The van der Waals surface area contributed by atoms with E-state index >= 15 is 0 Å². The van der Waals surface area contributed by atoms with Crippen LogP contribution in [0.2, 0.25) is 0 Å². The van der Waals surface area contributed by atoms with Crippen LogP contribution in [0.4, 0.5) is 4.39 Å². The van der Waals surface area contributed by atoms with Crippen LogP contribution in [0.1, 0.15) is 5.56 Å². The van der Waals surface area contributed by atoms with Gasteiger partial charge in [0, 0.05) is 19.6 Å². The van der Waals surface area contributed by atoms with E-state index in [1.165, 1.54) is 6.07 Å². The molecule has 15 heavy (non-hydrogen) atoms. The van der Waals surface area contributed by atoms with Gasteiger partial charge in [-0.15, -0.1) is 0 Å². The smallest absolute Gasteiger partial charge is 0.123 e. The quantitative estimate of drug-likeness (QED) is 0.624. The van der Waals surface area contributed by atoms with Gasteiger partial charge in [0.15, 0.2) is 0 Å². The van der Waals surface area contributed by atoms with Gasteiger partial charge < -0.3 is 17.1 Å². The van der Waals surface area contributed by atoms with Gasteiger partial charge in [0.25, 0.3) is 0 Å². The second-order valence-corrected chi connectivity index (χ2v) is 3.52. The number of hydrogen-bond donors (Lipinski definition) is 0. The van der Waals surface area contributed by atoms with Crippen molar-refractivity contribution in [1.82, 2.24) is 4.90 Å². The van der Waals surface area contributed by atoms with E-state index < -0.39 is 0 Å². The minimum absolute atomic E-state index is 0. The summed E-state index contributed by atoms with van der Waals surface area (Å²) in [7, 11) is 0. The molecule has 2 rings (SSSR count). The van der Waals surface area contributed by atoms with Crippen molar-refractivity contribution in [3.8, 4) is 0 Å². The Balaban J connectivity index is 0.00000112. The fourth-order valence-electron chi connectivity index (χ4n) is 1.65. The van der Waals surface area contributed by atoms with E-state index in [4.69, 9.17) is 4.74 Å². The molecule has 2 nitrogen and oxygen atoms in total. The zero-order chi connectivity index (χ0) is 9.80. The highest BCUT2D eigenvalue weighted by Crippen LogP contribution is 2.08. The lowest BCUT2D eigenvalue weighted by Crippen LogP contribution is -3.00. The van der Waals surface area contributed by atoms with Gasteiger partial charge in [0.1, 0.15) is 5.82 Å². The Hall–Kier alpha value is -0.640. The third-order valence-electron chi connectivity index (χ3n) is 2.40. The first kappa shape index (κ1) is 12.4. The average molecular weight is 231 g/mol. The summed E-state index contributed by atoms with van der Waals surface area (Å²) in [5.74, 6) is -0.157. The highest BCUT2D eigenvalue weighted by molar-refractivity contribution is 5.16. The van der Waals surface area contributed by atoms with E-state index in [-0.39, 0.29) is 18.2 Å². The molecule has 4 heteroatoms. The van der Waals surface area contributed by atoms with Gasteiger partial charge in [-0.25, -0.2) is 4.39 Å². The Morgan fingerprint density at radius 2 is 2.00 bits per heavy atom. The fraction of sp³-hybridized carbons (Fsp3) is 0.455. The molecule has 0 aromatic heterocycles. The molecule has 1 heterocycles. The number of morpholine rings is 1. The molecule has 1 aromatic rings. The van der Waals surface area contributed by atoms with Crippen LogP contribution in [0.25, 0.3) is 0 Å². The standard InChI is InChI=1S/C11H14FNO.ClH/c12-11-3-1-2-10(8-11)9-13-4-6-14-7-5-13;/h1-3,8H,4-7,9H2;1H/p-1. The molecule has 1 aliphatic rings. The maximum atomic E-state index is 12.9. The number of hydrogen-bond acceptors (Lipinski definition) is 2. The van der Waals surface area contributed by atoms with Crippen molar-refractivity contribution >= 4 is 0 Å². The molecular weight excluding hydrogens is 217 g/mol. The van der Waals surface area contributed by atoms with Crippen molar-refractivity contribution in [2.24, 2.45) is 0 Å². The van der Waals surface area contributed by atoms with Crippen LogP contribution in [0.3, 0.4) is 0 Å². The molecule has 0 amide bonds. The van der Waals surface area contributed by atoms with Gasteiger partial charge in [-0.3, -0.25) is 4.90 Å². The molecule has 0 spiro atoms.